The van der Waals surface area contributed by atoms with Gasteiger partial charge in [0.05, 0.1) is 23.3 Å². The number of thiocarbonyl (C=S) groups is 1. The molecule has 1 aliphatic heterocycles. The van der Waals surface area contributed by atoms with Crippen molar-refractivity contribution in [1.29, 1.82) is 0 Å². The van der Waals surface area contributed by atoms with Crippen molar-refractivity contribution in [3.8, 4) is 11.5 Å². The van der Waals surface area contributed by atoms with E-state index in [1.165, 1.54) is 12.1 Å². The van der Waals surface area contributed by atoms with Crippen LogP contribution in [0.3, 0.4) is 0 Å². The minimum Gasteiger partial charge on any atom is -0.497 e. The fourth-order valence-corrected chi connectivity index (χ4v) is 4.64. The second-order valence-corrected chi connectivity index (χ2v) is 9.38. The topological polar surface area (TPSA) is 67.9 Å². The van der Waals surface area contributed by atoms with E-state index in [1.54, 1.807) is 61.7 Å². The number of anilines is 2. The van der Waals surface area contributed by atoms with Gasteiger partial charge in [-0.05, 0) is 66.2 Å². The summed E-state index contributed by atoms with van der Waals surface area (Å²) in [6.45, 7) is -0.207. The number of carbonyl (C=O) groups excluding carboxylic acids is 2. The highest BCUT2D eigenvalue weighted by molar-refractivity contribution is 8.27. The monoisotopic (exact) mass is 544 g/mol. The normalized spacial score (nSPS) is 14.7. The van der Waals surface area contributed by atoms with E-state index in [4.69, 9.17) is 21.7 Å². The zero-order chi connectivity index (χ0) is 26.6. The van der Waals surface area contributed by atoms with Crippen molar-refractivity contribution in [3.05, 3.63) is 88.8 Å². The van der Waals surface area contributed by atoms with Crippen molar-refractivity contribution in [1.82, 2.24) is 0 Å². The molecule has 1 saturated heterocycles. The zero-order valence-electron chi connectivity index (χ0n) is 19.2. The lowest BCUT2D eigenvalue weighted by Crippen LogP contribution is -2.27. The minimum atomic E-state index is -4.54. The minimum absolute atomic E-state index is 0.0531. The first-order valence-corrected chi connectivity index (χ1v) is 12.0. The molecule has 0 radical (unpaired) electrons. The smallest absolute Gasteiger partial charge is 0.416 e. The maximum absolute atomic E-state index is 13.1. The summed E-state index contributed by atoms with van der Waals surface area (Å²) in [6.07, 6.45) is -2.94. The molecule has 2 amide bonds. The fraction of sp³-hybridized carbons (Fsp3) is 0.115. The first kappa shape index (κ1) is 26.2. The van der Waals surface area contributed by atoms with Crippen LogP contribution in [0.25, 0.3) is 6.08 Å². The Bertz CT molecular complexity index is 1360. The number of methoxy groups -OCH3 is 1. The lowest BCUT2D eigenvalue weighted by molar-refractivity contribution is -0.137. The SMILES string of the molecule is COc1ccc(NC(=O)COc2ccc(/C=C3\SC(=S)N(c4cccc(C(F)(F)F)c4)C3=O)cc2)cc1. The summed E-state index contributed by atoms with van der Waals surface area (Å²) in [7, 11) is 1.55. The van der Waals surface area contributed by atoms with Crippen LogP contribution in [-0.4, -0.2) is 29.9 Å². The highest BCUT2D eigenvalue weighted by atomic mass is 32.2. The molecule has 3 aromatic rings. The summed E-state index contributed by atoms with van der Waals surface area (Å²) in [5, 5.41) is 2.71. The number of rotatable bonds is 7. The molecule has 37 heavy (non-hydrogen) atoms. The van der Waals surface area contributed by atoms with Gasteiger partial charge in [-0.3, -0.25) is 14.5 Å². The Hall–Kier alpha value is -3.83. The highest BCUT2D eigenvalue weighted by Crippen LogP contribution is 2.38. The van der Waals surface area contributed by atoms with Gasteiger partial charge in [0.2, 0.25) is 0 Å². The number of hydrogen-bond acceptors (Lipinski definition) is 6. The Balaban J connectivity index is 1.37. The van der Waals surface area contributed by atoms with Crippen molar-refractivity contribution in [2.75, 3.05) is 23.9 Å². The molecule has 190 valence electrons. The first-order valence-electron chi connectivity index (χ1n) is 10.8. The molecule has 3 aromatic carbocycles. The van der Waals surface area contributed by atoms with E-state index in [2.05, 4.69) is 5.32 Å². The Kier molecular flexibility index (Phi) is 7.84. The molecule has 0 spiro atoms. The second-order valence-electron chi connectivity index (χ2n) is 7.70. The summed E-state index contributed by atoms with van der Waals surface area (Å²) in [6, 6.07) is 18.0. The van der Waals surface area contributed by atoms with Crippen LogP contribution in [0.2, 0.25) is 0 Å². The van der Waals surface area contributed by atoms with Crippen molar-refractivity contribution < 1.29 is 32.2 Å². The van der Waals surface area contributed by atoms with Gasteiger partial charge in [0, 0.05) is 5.69 Å². The van der Waals surface area contributed by atoms with E-state index >= 15 is 0 Å². The molecule has 6 nitrogen and oxygen atoms in total. The maximum atomic E-state index is 13.1. The standard InChI is InChI=1S/C26H19F3N2O4S2/c1-34-20-11-7-18(8-12-20)30-23(32)15-35-21-9-5-16(6-10-21)13-22-24(33)31(25(36)37-22)19-4-2-3-17(14-19)26(27,28)29/h2-14H,15H2,1H3,(H,30,32)/b22-13-. The number of nitrogens with one attached hydrogen (secondary N) is 1. The van der Waals surface area contributed by atoms with Crippen LogP contribution in [-0.2, 0) is 15.8 Å². The molecule has 4 rings (SSSR count). The number of nitrogens with zero attached hydrogens (tertiary/aromatic N) is 1. The third-order valence-corrected chi connectivity index (χ3v) is 6.45. The van der Waals surface area contributed by atoms with Crippen molar-refractivity contribution in [2.24, 2.45) is 0 Å². The molecule has 0 aliphatic carbocycles. The molecule has 0 saturated carbocycles. The van der Waals surface area contributed by atoms with Gasteiger partial charge in [-0.1, -0.05) is 42.2 Å². The van der Waals surface area contributed by atoms with E-state index in [1.807, 2.05) is 0 Å². The van der Waals surface area contributed by atoms with Crippen LogP contribution in [0.15, 0.2) is 77.7 Å². The molecule has 1 N–H and O–H groups in total. The van der Waals surface area contributed by atoms with Crippen molar-refractivity contribution in [2.45, 2.75) is 6.18 Å². The van der Waals surface area contributed by atoms with Gasteiger partial charge in [-0.25, -0.2) is 0 Å². The van der Waals surface area contributed by atoms with Crippen LogP contribution in [0.5, 0.6) is 11.5 Å². The van der Waals surface area contributed by atoms with Gasteiger partial charge in [0.15, 0.2) is 10.9 Å². The highest BCUT2D eigenvalue weighted by Gasteiger charge is 2.36. The Morgan fingerprint density at radius 3 is 2.38 bits per heavy atom. The van der Waals surface area contributed by atoms with Crippen LogP contribution < -0.4 is 19.7 Å². The van der Waals surface area contributed by atoms with E-state index in [0.29, 0.717) is 22.7 Å². The number of hydrogen-bond donors (Lipinski definition) is 1. The van der Waals surface area contributed by atoms with Crippen LogP contribution in [0, 0.1) is 0 Å². The summed E-state index contributed by atoms with van der Waals surface area (Å²) < 4.78 is 50.0. The molecule has 1 heterocycles. The van der Waals surface area contributed by atoms with Gasteiger partial charge in [-0.2, -0.15) is 13.2 Å². The lowest BCUT2D eigenvalue weighted by atomic mass is 10.1. The van der Waals surface area contributed by atoms with Gasteiger partial charge < -0.3 is 14.8 Å². The Labute approximate surface area is 220 Å². The molecular weight excluding hydrogens is 525 g/mol. The number of carbonyl (C=O) groups is 2. The largest absolute Gasteiger partial charge is 0.497 e. The number of alkyl halides is 3. The maximum Gasteiger partial charge on any atom is 0.416 e. The number of benzene rings is 3. The van der Waals surface area contributed by atoms with Gasteiger partial charge in [0.1, 0.15) is 11.5 Å². The van der Waals surface area contributed by atoms with Crippen LogP contribution in [0.4, 0.5) is 24.5 Å². The number of amides is 2. The molecule has 0 bridgehead atoms. The number of ether oxygens (including phenoxy) is 2. The van der Waals surface area contributed by atoms with Gasteiger partial charge in [-0.15, -0.1) is 0 Å². The summed E-state index contributed by atoms with van der Waals surface area (Å²) in [5.41, 5.74) is 0.445. The zero-order valence-corrected chi connectivity index (χ0v) is 20.9. The van der Waals surface area contributed by atoms with E-state index < -0.39 is 17.6 Å². The summed E-state index contributed by atoms with van der Waals surface area (Å²) >= 11 is 6.25. The van der Waals surface area contributed by atoms with Crippen molar-refractivity contribution >= 4 is 57.6 Å². The third-order valence-electron chi connectivity index (χ3n) is 5.15. The van der Waals surface area contributed by atoms with E-state index in [0.717, 1.165) is 28.8 Å². The fourth-order valence-electron chi connectivity index (χ4n) is 3.34. The Morgan fingerprint density at radius 2 is 1.73 bits per heavy atom. The molecule has 0 atom stereocenters. The molecule has 1 fully saturated rings. The molecule has 0 aromatic heterocycles. The third kappa shape index (κ3) is 6.49. The molecule has 11 heteroatoms. The predicted octanol–water partition coefficient (Wildman–Crippen LogP) is 6.14. The van der Waals surface area contributed by atoms with Crippen LogP contribution in [0.1, 0.15) is 11.1 Å². The second kappa shape index (κ2) is 11.1. The van der Waals surface area contributed by atoms with Gasteiger partial charge >= 0.3 is 6.18 Å². The van der Waals surface area contributed by atoms with Gasteiger partial charge in [0.25, 0.3) is 11.8 Å². The quantitative estimate of drug-likeness (QED) is 0.285. The molecule has 0 unspecified atom stereocenters. The van der Waals surface area contributed by atoms with E-state index in [-0.39, 0.29) is 27.4 Å². The van der Waals surface area contributed by atoms with Crippen molar-refractivity contribution in [3.63, 3.8) is 0 Å². The van der Waals surface area contributed by atoms with Crippen LogP contribution >= 0.6 is 24.0 Å². The summed E-state index contributed by atoms with van der Waals surface area (Å²) in [5.74, 6) is 0.267. The van der Waals surface area contributed by atoms with E-state index in [9.17, 15) is 22.8 Å². The predicted molar refractivity (Wildman–Crippen MR) is 141 cm³/mol. The summed E-state index contributed by atoms with van der Waals surface area (Å²) in [4.78, 5) is 26.4. The average molecular weight is 545 g/mol. The number of halogens is 3. The lowest BCUT2D eigenvalue weighted by Gasteiger charge is -2.16. The number of thioether (sulfide) groups is 1. The molecule has 1 aliphatic rings. The average Bonchev–Trinajstić information content (AvgIpc) is 3.16. The first-order chi connectivity index (χ1) is 17.6. The molecular formula is C26H19F3N2O4S2. The Morgan fingerprint density at radius 1 is 1.05 bits per heavy atom.